The third-order valence-corrected chi connectivity index (χ3v) is 5.71. The van der Waals surface area contributed by atoms with E-state index in [-0.39, 0.29) is 24.8 Å². The Labute approximate surface area is 172 Å². The SMILES string of the molecule is Cc1ccccc1[C@@H](OC[C@@H](O)Cn1cnc2sccc2c1=O)c1ccccc1. The molecular formula is C23H22N2O3S. The molecule has 0 bridgehead atoms. The van der Waals surface area contributed by atoms with Gasteiger partial charge in [-0.2, -0.15) is 0 Å². The largest absolute Gasteiger partial charge is 0.389 e. The molecule has 4 rings (SSSR count). The molecule has 0 aliphatic heterocycles. The van der Waals surface area contributed by atoms with Crippen molar-refractivity contribution in [2.75, 3.05) is 6.61 Å². The van der Waals surface area contributed by atoms with Crippen LogP contribution >= 0.6 is 11.3 Å². The fraction of sp³-hybridized carbons (Fsp3) is 0.217. The third kappa shape index (κ3) is 4.29. The average Bonchev–Trinajstić information content (AvgIpc) is 3.22. The summed E-state index contributed by atoms with van der Waals surface area (Å²) in [7, 11) is 0. The Balaban J connectivity index is 1.51. The number of aryl methyl sites for hydroxylation is 1. The molecular weight excluding hydrogens is 384 g/mol. The number of thiophene rings is 1. The molecule has 2 atom stereocenters. The highest BCUT2D eigenvalue weighted by Crippen LogP contribution is 2.28. The number of aromatic nitrogens is 2. The van der Waals surface area contributed by atoms with E-state index in [4.69, 9.17) is 4.74 Å². The molecule has 5 nitrogen and oxygen atoms in total. The lowest BCUT2D eigenvalue weighted by Crippen LogP contribution is -2.30. The number of aliphatic hydroxyl groups is 1. The maximum atomic E-state index is 12.5. The van der Waals surface area contributed by atoms with Crippen LogP contribution in [0.2, 0.25) is 0 Å². The first kappa shape index (κ1) is 19.5. The van der Waals surface area contributed by atoms with Crippen LogP contribution in [-0.4, -0.2) is 27.4 Å². The topological polar surface area (TPSA) is 64.3 Å². The Morgan fingerprint density at radius 3 is 2.66 bits per heavy atom. The van der Waals surface area contributed by atoms with Crippen LogP contribution in [0.3, 0.4) is 0 Å². The molecule has 0 radical (unpaired) electrons. The molecule has 0 aliphatic rings. The minimum atomic E-state index is -0.833. The van der Waals surface area contributed by atoms with Gasteiger partial charge in [-0.3, -0.25) is 9.36 Å². The van der Waals surface area contributed by atoms with Gasteiger partial charge in [-0.25, -0.2) is 4.98 Å². The molecule has 0 saturated heterocycles. The molecule has 2 heterocycles. The lowest BCUT2D eigenvalue weighted by atomic mass is 9.97. The minimum absolute atomic E-state index is 0.0992. The van der Waals surface area contributed by atoms with Gasteiger partial charge in [-0.15, -0.1) is 11.3 Å². The van der Waals surface area contributed by atoms with Crippen LogP contribution in [-0.2, 0) is 11.3 Å². The first-order valence-corrected chi connectivity index (χ1v) is 10.3. The van der Waals surface area contributed by atoms with E-state index in [2.05, 4.69) is 4.98 Å². The lowest BCUT2D eigenvalue weighted by molar-refractivity contribution is -0.00118. The van der Waals surface area contributed by atoms with Crippen molar-refractivity contribution in [3.05, 3.63) is 99.4 Å². The summed E-state index contributed by atoms with van der Waals surface area (Å²) in [5.74, 6) is 0. The number of hydrogen-bond acceptors (Lipinski definition) is 5. The van der Waals surface area contributed by atoms with Crippen molar-refractivity contribution in [3.63, 3.8) is 0 Å². The second-order valence-corrected chi connectivity index (χ2v) is 7.87. The van der Waals surface area contributed by atoms with E-state index >= 15 is 0 Å². The molecule has 0 amide bonds. The normalized spacial score (nSPS) is 13.4. The third-order valence-electron chi connectivity index (χ3n) is 4.89. The minimum Gasteiger partial charge on any atom is -0.389 e. The first-order valence-electron chi connectivity index (χ1n) is 9.46. The maximum Gasteiger partial charge on any atom is 0.262 e. The second kappa shape index (κ2) is 8.69. The Morgan fingerprint density at radius 1 is 1.10 bits per heavy atom. The average molecular weight is 407 g/mol. The van der Waals surface area contributed by atoms with E-state index in [9.17, 15) is 9.90 Å². The Morgan fingerprint density at radius 2 is 1.86 bits per heavy atom. The number of benzene rings is 2. The summed E-state index contributed by atoms with van der Waals surface area (Å²) in [5.41, 5.74) is 3.06. The van der Waals surface area contributed by atoms with Gasteiger partial charge in [0, 0.05) is 0 Å². The zero-order valence-electron chi connectivity index (χ0n) is 16.1. The molecule has 0 spiro atoms. The van der Waals surface area contributed by atoms with Crippen molar-refractivity contribution in [1.29, 1.82) is 0 Å². The summed E-state index contributed by atoms with van der Waals surface area (Å²) in [4.78, 5) is 17.5. The van der Waals surface area contributed by atoms with Crippen LogP contribution in [0, 0.1) is 6.92 Å². The summed E-state index contributed by atoms with van der Waals surface area (Å²) in [6.45, 7) is 2.28. The van der Waals surface area contributed by atoms with Gasteiger partial charge in [0.1, 0.15) is 10.9 Å². The van der Waals surface area contributed by atoms with Crippen molar-refractivity contribution >= 4 is 21.6 Å². The number of hydrogen-bond donors (Lipinski definition) is 1. The Bertz CT molecular complexity index is 1150. The van der Waals surface area contributed by atoms with Crippen molar-refractivity contribution in [3.8, 4) is 0 Å². The molecule has 2 aromatic heterocycles. The van der Waals surface area contributed by atoms with Gasteiger partial charge in [0.15, 0.2) is 0 Å². The molecule has 2 aromatic carbocycles. The smallest absolute Gasteiger partial charge is 0.262 e. The predicted molar refractivity (Wildman–Crippen MR) is 115 cm³/mol. The number of ether oxygens (including phenoxy) is 1. The standard InChI is InChI=1S/C23H22N2O3S/c1-16-7-5-6-10-19(16)21(17-8-3-2-4-9-17)28-14-18(26)13-25-15-24-22-20(23(25)27)11-12-29-22/h2-12,15,18,21,26H,13-14H2,1H3/t18-,21-/m0/s1. The quantitative estimate of drug-likeness (QED) is 0.505. The molecule has 0 unspecified atom stereocenters. The molecule has 0 saturated carbocycles. The monoisotopic (exact) mass is 406 g/mol. The highest BCUT2D eigenvalue weighted by Gasteiger charge is 2.19. The van der Waals surface area contributed by atoms with E-state index in [1.165, 1.54) is 22.2 Å². The summed E-state index contributed by atoms with van der Waals surface area (Å²) in [5, 5.41) is 13.0. The van der Waals surface area contributed by atoms with Gasteiger partial charge in [-0.05, 0) is 35.1 Å². The number of nitrogens with zero attached hydrogens (tertiary/aromatic N) is 2. The van der Waals surface area contributed by atoms with Crippen LogP contribution in [0.4, 0.5) is 0 Å². The van der Waals surface area contributed by atoms with Crippen LogP contribution < -0.4 is 5.56 Å². The molecule has 29 heavy (non-hydrogen) atoms. The van der Waals surface area contributed by atoms with Crippen LogP contribution in [0.1, 0.15) is 22.8 Å². The fourth-order valence-corrected chi connectivity index (χ4v) is 4.11. The predicted octanol–water partition coefficient (Wildman–Crippen LogP) is 3.93. The number of aliphatic hydroxyl groups excluding tert-OH is 1. The van der Waals surface area contributed by atoms with Gasteiger partial charge >= 0.3 is 0 Å². The molecule has 0 aliphatic carbocycles. The van der Waals surface area contributed by atoms with E-state index in [0.717, 1.165) is 16.7 Å². The Hall–Kier alpha value is -2.80. The van der Waals surface area contributed by atoms with Gasteiger partial charge in [0.25, 0.3) is 5.56 Å². The summed E-state index contributed by atoms with van der Waals surface area (Å²) < 4.78 is 7.60. The molecule has 0 fully saturated rings. The van der Waals surface area contributed by atoms with Gasteiger partial charge in [-0.1, -0.05) is 54.6 Å². The summed E-state index contributed by atoms with van der Waals surface area (Å²) in [6, 6.07) is 19.8. The van der Waals surface area contributed by atoms with Crippen LogP contribution in [0.15, 0.2) is 77.2 Å². The van der Waals surface area contributed by atoms with Gasteiger partial charge < -0.3 is 9.84 Å². The van der Waals surface area contributed by atoms with Gasteiger partial charge in [0.05, 0.1) is 31.0 Å². The highest BCUT2D eigenvalue weighted by atomic mass is 32.1. The molecule has 4 aromatic rings. The van der Waals surface area contributed by atoms with E-state index in [1.54, 1.807) is 6.07 Å². The first-order chi connectivity index (χ1) is 14.1. The summed E-state index contributed by atoms with van der Waals surface area (Å²) >= 11 is 1.43. The second-order valence-electron chi connectivity index (χ2n) is 6.98. The highest BCUT2D eigenvalue weighted by molar-refractivity contribution is 7.16. The zero-order valence-corrected chi connectivity index (χ0v) is 16.9. The van der Waals surface area contributed by atoms with E-state index < -0.39 is 6.10 Å². The molecule has 148 valence electrons. The van der Waals surface area contributed by atoms with E-state index in [1.807, 2.05) is 66.9 Å². The Kier molecular flexibility index (Phi) is 5.85. The molecule has 6 heteroatoms. The lowest BCUT2D eigenvalue weighted by Gasteiger charge is -2.22. The van der Waals surface area contributed by atoms with Crippen LogP contribution in [0.5, 0.6) is 0 Å². The molecule has 1 N–H and O–H groups in total. The summed E-state index contributed by atoms with van der Waals surface area (Å²) in [6.07, 6.45) is 0.363. The maximum absolute atomic E-state index is 12.5. The van der Waals surface area contributed by atoms with E-state index in [0.29, 0.717) is 10.2 Å². The number of rotatable bonds is 7. The van der Waals surface area contributed by atoms with Gasteiger partial charge in [0.2, 0.25) is 0 Å². The zero-order chi connectivity index (χ0) is 20.2. The van der Waals surface area contributed by atoms with Crippen molar-refractivity contribution in [2.45, 2.75) is 25.7 Å². The fourth-order valence-electron chi connectivity index (χ4n) is 3.38. The van der Waals surface area contributed by atoms with Crippen LogP contribution in [0.25, 0.3) is 10.2 Å². The van der Waals surface area contributed by atoms with Crippen molar-refractivity contribution in [1.82, 2.24) is 9.55 Å². The number of fused-ring (bicyclic) bond motifs is 1. The van der Waals surface area contributed by atoms with Crippen molar-refractivity contribution in [2.24, 2.45) is 0 Å². The van der Waals surface area contributed by atoms with Crippen molar-refractivity contribution < 1.29 is 9.84 Å².